The standard InChI is InChI=1S/C23H19FO4/c1-27-21-13-12-18(24)14-19(21)20(25)15-28-23(26)22(16-8-4-2-5-9-16)17-10-6-3-7-11-17/h2-14,22H,15H2,1H3. The van der Waals surface area contributed by atoms with Crippen molar-refractivity contribution in [2.24, 2.45) is 0 Å². The summed E-state index contributed by atoms with van der Waals surface area (Å²) in [7, 11) is 1.39. The molecule has 3 rings (SSSR count). The zero-order valence-corrected chi connectivity index (χ0v) is 15.3. The number of carbonyl (C=O) groups is 2. The highest BCUT2D eigenvalue weighted by Gasteiger charge is 2.25. The summed E-state index contributed by atoms with van der Waals surface area (Å²) < 4.78 is 23.9. The van der Waals surface area contributed by atoms with Crippen molar-refractivity contribution in [3.63, 3.8) is 0 Å². The highest BCUT2D eigenvalue weighted by atomic mass is 19.1. The first-order chi connectivity index (χ1) is 13.6. The molecule has 0 spiro atoms. The van der Waals surface area contributed by atoms with E-state index in [1.807, 2.05) is 60.7 Å². The summed E-state index contributed by atoms with van der Waals surface area (Å²) in [5, 5.41) is 0. The molecule has 3 aromatic carbocycles. The van der Waals surface area contributed by atoms with Gasteiger partial charge in [0.2, 0.25) is 5.78 Å². The van der Waals surface area contributed by atoms with Gasteiger partial charge in [0.15, 0.2) is 6.61 Å². The predicted molar refractivity (Wildman–Crippen MR) is 103 cm³/mol. The van der Waals surface area contributed by atoms with Gasteiger partial charge in [0.1, 0.15) is 17.5 Å². The van der Waals surface area contributed by atoms with Crippen molar-refractivity contribution in [2.75, 3.05) is 13.7 Å². The average Bonchev–Trinajstić information content (AvgIpc) is 2.73. The van der Waals surface area contributed by atoms with Crippen LogP contribution in [0, 0.1) is 5.82 Å². The normalized spacial score (nSPS) is 10.5. The lowest BCUT2D eigenvalue weighted by Crippen LogP contribution is -2.21. The first-order valence-electron chi connectivity index (χ1n) is 8.73. The molecule has 0 aliphatic heterocycles. The minimum atomic E-state index is -0.662. The Bertz CT molecular complexity index is 915. The topological polar surface area (TPSA) is 52.6 Å². The Morgan fingerprint density at radius 3 is 2.00 bits per heavy atom. The van der Waals surface area contributed by atoms with Gasteiger partial charge in [0.25, 0.3) is 0 Å². The van der Waals surface area contributed by atoms with Crippen molar-refractivity contribution in [1.82, 2.24) is 0 Å². The lowest BCUT2D eigenvalue weighted by Gasteiger charge is -2.17. The number of carbonyl (C=O) groups excluding carboxylic acids is 2. The predicted octanol–water partition coefficient (Wildman–Crippen LogP) is 4.39. The number of halogens is 1. The van der Waals surface area contributed by atoms with Crippen LogP contribution >= 0.6 is 0 Å². The highest BCUT2D eigenvalue weighted by Crippen LogP contribution is 2.26. The van der Waals surface area contributed by atoms with E-state index in [4.69, 9.17) is 9.47 Å². The van der Waals surface area contributed by atoms with Crippen LogP contribution in [0.1, 0.15) is 27.4 Å². The summed E-state index contributed by atoms with van der Waals surface area (Å²) in [5.41, 5.74) is 1.55. The molecular weight excluding hydrogens is 359 g/mol. The van der Waals surface area contributed by atoms with Crippen molar-refractivity contribution < 1.29 is 23.5 Å². The zero-order chi connectivity index (χ0) is 19.9. The fourth-order valence-electron chi connectivity index (χ4n) is 2.95. The third kappa shape index (κ3) is 4.43. The molecule has 5 heteroatoms. The summed E-state index contributed by atoms with van der Waals surface area (Å²) in [4.78, 5) is 25.3. The molecule has 4 nitrogen and oxygen atoms in total. The van der Waals surface area contributed by atoms with Crippen molar-refractivity contribution in [3.05, 3.63) is 101 Å². The van der Waals surface area contributed by atoms with Crippen molar-refractivity contribution in [1.29, 1.82) is 0 Å². The maximum absolute atomic E-state index is 13.5. The first kappa shape index (κ1) is 19.3. The van der Waals surface area contributed by atoms with E-state index in [2.05, 4.69) is 0 Å². The molecule has 0 saturated heterocycles. The van der Waals surface area contributed by atoms with Gasteiger partial charge in [-0.15, -0.1) is 0 Å². The van der Waals surface area contributed by atoms with Crippen molar-refractivity contribution in [3.8, 4) is 5.75 Å². The van der Waals surface area contributed by atoms with Crippen LogP contribution < -0.4 is 4.74 Å². The number of ketones is 1. The number of rotatable bonds is 7. The monoisotopic (exact) mass is 378 g/mol. The summed E-state index contributed by atoms with van der Waals surface area (Å²) in [5.74, 6) is -2.10. The summed E-state index contributed by atoms with van der Waals surface area (Å²) >= 11 is 0. The first-order valence-corrected chi connectivity index (χ1v) is 8.73. The summed E-state index contributed by atoms with van der Waals surface area (Å²) in [6.07, 6.45) is 0. The van der Waals surface area contributed by atoms with Crippen LogP contribution in [0.15, 0.2) is 78.9 Å². The quantitative estimate of drug-likeness (QED) is 0.452. The van der Waals surface area contributed by atoms with Gasteiger partial charge in [-0.3, -0.25) is 9.59 Å². The zero-order valence-electron chi connectivity index (χ0n) is 15.3. The van der Waals surface area contributed by atoms with E-state index >= 15 is 0 Å². The largest absolute Gasteiger partial charge is 0.496 e. The third-order valence-corrected chi connectivity index (χ3v) is 4.31. The molecule has 0 unspecified atom stereocenters. The maximum atomic E-state index is 13.5. The van der Waals surface area contributed by atoms with E-state index in [-0.39, 0.29) is 11.3 Å². The van der Waals surface area contributed by atoms with E-state index in [1.54, 1.807) is 0 Å². The molecule has 0 amide bonds. The Morgan fingerprint density at radius 1 is 0.893 bits per heavy atom. The number of hydrogen-bond acceptors (Lipinski definition) is 4. The fourth-order valence-corrected chi connectivity index (χ4v) is 2.95. The van der Waals surface area contributed by atoms with Crippen LogP contribution in [0.25, 0.3) is 0 Å². The van der Waals surface area contributed by atoms with Crippen molar-refractivity contribution in [2.45, 2.75) is 5.92 Å². The Labute approximate surface area is 162 Å². The second kappa shape index (κ2) is 8.95. The molecule has 0 heterocycles. The molecule has 0 aliphatic rings. The van der Waals surface area contributed by atoms with Gasteiger partial charge in [-0.25, -0.2) is 4.39 Å². The minimum Gasteiger partial charge on any atom is -0.496 e. The minimum absolute atomic E-state index is 0.0336. The Hall–Kier alpha value is -3.47. The van der Waals surface area contributed by atoms with Crippen LogP contribution in [0.5, 0.6) is 5.75 Å². The number of hydrogen-bond donors (Lipinski definition) is 0. The van der Waals surface area contributed by atoms with Gasteiger partial charge >= 0.3 is 5.97 Å². The molecule has 28 heavy (non-hydrogen) atoms. The van der Waals surface area contributed by atoms with Crippen LogP contribution in [0.2, 0.25) is 0 Å². The van der Waals surface area contributed by atoms with Crippen LogP contribution in [0.3, 0.4) is 0 Å². The van der Waals surface area contributed by atoms with Gasteiger partial charge in [0.05, 0.1) is 12.7 Å². The van der Waals surface area contributed by atoms with E-state index < -0.39 is 30.1 Å². The number of esters is 1. The molecule has 0 aliphatic carbocycles. The Morgan fingerprint density at radius 2 is 1.46 bits per heavy atom. The fraction of sp³-hybridized carbons (Fsp3) is 0.130. The molecular formula is C23H19FO4. The van der Waals surface area contributed by atoms with Gasteiger partial charge in [0, 0.05) is 0 Å². The van der Waals surface area contributed by atoms with Gasteiger partial charge < -0.3 is 9.47 Å². The van der Waals surface area contributed by atoms with Gasteiger partial charge in [-0.05, 0) is 29.3 Å². The maximum Gasteiger partial charge on any atom is 0.318 e. The average molecular weight is 378 g/mol. The molecule has 142 valence electrons. The van der Waals surface area contributed by atoms with Gasteiger partial charge in [-0.1, -0.05) is 60.7 Å². The van der Waals surface area contributed by atoms with E-state index in [0.717, 1.165) is 17.2 Å². The van der Waals surface area contributed by atoms with E-state index in [1.165, 1.54) is 19.2 Å². The summed E-state index contributed by atoms with van der Waals surface area (Å²) in [6.45, 7) is -0.505. The molecule has 0 bridgehead atoms. The van der Waals surface area contributed by atoms with Crippen molar-refractivity contribution >= 4 is 11.8 Å². The Kier molecular flexibility index (Phi) is 6.17. The number of methoxy groups -OCH3 is 1. The molecule has 0 saturated carbocycles. The van der Waals surface area contributed by atoms with E-state index in [0.29, 0.717) is 0 Å². The highest BCUT2D eigenvalue weighted by molar-refractivity contribution is 6.00. The third-order valence-electron chi connectivity index (χ3n) is 4.31. The molecule has 0 radical (unpaired) electrons. The molecule has 0 fully saturated rings. The SMILES string of the molecule is COc1ccc(F)cc1C(=O)COC(=O)C(c1ccccc1)c1ccccc1. The lowest BCUT2D eigenvalue weighted by molar-refractivity contribution is -0.143. The smallest absolute Gasteiger partial charge is 0.318 e. The summed E-state index contributed by atoms with van der Waals surface area (Å²) in [6, 6.07) is 22.0. The number of ether oxygens (including phenoxy) is 2. The number of Topliss-reactive ketones (excluding diaryl/α,β-unsaturated/α-hetero) is 1. The second-order valence-corrected chi connectivity index (χ2v) is 6.13. The lowest BCUT2D eigenvalue weighted by atomic mass is 9.91. The number of benzene rings is 3. The van der Waals surface area contributed by atoms with Crippen LogP contribution in [0.4, 0.5) is 4.39 Å². The second-order valence-electron chi connectivity index (χ2n) is 6.13. The van der Waals surface area contributed by atoms with E-state index in [9.17, 15) is 14.0 Å². The van der Waals surface area contributed by atoms with Crippen LogP contribution in [-0.4, -0.2) is 25.5 Å². The molecule has 0 N–H and O–H groups in total. The molecule has 3 aromatic rings. The molecule has 0 aromatic heterocycles. The van der Waals surface area contributed by atoms with Gasteiger partial charge in [-0.2, -0.15) is 0 Å². The Balaban J connectivity index is 1.80. The van der Waals surface area contributed by atoms with Crippen LogP contribution in [-0.2, 0) is 9.53 Å². The molecule has 0 atom stereocenters.